The third kappa shape index (κ3) is 4.90. The Labute approximate surface area is 140 Å². The maximum absolute atomic E-state index is 12.7. The van der Waals surface area contributed by atoms with Gasteiger partial charge in [-0.2, -0.15) is 17.0 Å². The Bertz CT molecular complexity index is 479. The molecular weight excluding hydrogens is 314 g/mol. The molecule has 0 spiro atoms. The molecule has 0 bridgehead atoms. The van der Waals surface area contributed by atoms with Gasteiger partial charge in [-0.05, 0) is 39.0 Å². The first-order chi connectivity index (χ1) is 10.9. The number of carbonyl (C=O) groups excluding carboxylic acids is 1. The van der Waals surface area contributed by atoms with Crippen molar-refractivity contribution in [2.75, 3.05) is 26.2 Å². The van der Waals surface area contributed by atoms with Crippen LogP contribution in [0.2, 0.25) is 0 Å². The summed E-state index contributed by atoms with van der Waals surface area (Å²) in [4.78, 5) is 12.2. The molecule has 7 heteroatoms. The Balaban J connectivity index is 1.88. The third-order valence-corrected chi connectivity index (χ3v) is 7.08. The normalized spacial score (nSPS) is 24.1. The van der Waals surface area contributed by atoms with Gasteiger partial charge in [-0.15, -0.1) is 0 Å². The summed E-state index contributed by atoms with van der Waals surface area (Å²) in [5.74, 6) is 0.0192. The van der Waals surface area contributed by atoms with E-state index < -0.39 is 10.2 Å². The molecule has 0 aromatic rings. The second kappa shape index (κ2) is 8.44. The van der Waals surface area contributed by atoms with Gasteiger partial charge in [0, 0.05) is 38.1 Å². The molecule has 0 saturated carbocycles. The largest absolute Gasteiger partial charge is 0.353 e. The summed E-state index contributed by atoms with van der Waals surface area (Å²) in [7, 11) is -3.35. The van der Waals surface area contributed by atoms with Crippen molar-refractivity contribution in [3.63, 3.8) is 0 Å². The lowest BCUT2D eigenvalue weighted by Crippen LogP contribution is -2.49. The van der Waals surface area contributed by atoms with E-state index in [1.54, 1.807) is 8.61 Å². The predicted octanol–water partition coefficient (Wildman–Crippen LogP) is 1.73. The minimum Gasteiger partial charge on any atom is -0.353 e. The number of nitrogens with zero attached hydrogens (tertiary/aromatic N) is 2. The molecule has 2 aliphatic heterocycles. The third-order valence-electron chi connectivity index (χ3n) is 5.04. The zero-order valence-corrected chi connectivity index (χ0v) is 15.3. The summed E-state index contributed by atoms with van der Waals surface area (Å²) in [6.45, 7) is 6.22. The number of hydrogen-bond donors (Lipinski definition) is 1. The SMILES string of the molecule is CCC(C)NC(=O)C1CCN(S(=O)(=O)N2CCCCCC2)CC1. The van der Waals surface area contributed by atoms with E-state index in [1.165, 1.54) is 0 Å². The van der Waals surface area contributed by atoms with Gasteiger partial charge in [0.05, 0.1) is 0 Å². The molecule has 6 nitrogen and oxygen atoms in total. The Kier molecular flexibility index (Phi) is 6.85. The monoisotopic (exact) mass is 345 g/mol. The van der Waals surface area contributed by atoms with Crippen LogP contribution in [-0.4, -0.2) is 55.2 Å². The fourth-order valence-corrected chi connectivity index (χ4v) is 4.97. The summed E-state index contributed by atoms with van der Waals surface area (Å²) < 4.78 is 28.7. The van der Waals surface area contributed by atoms with Crippen molar-refractivity contribution in [1.82, 2.24) is 13.9 Å². The van der Waals surface area contributed by atoms with Crippen LogP contribution in [0.4, 0.5) is 0 Å². The molecule has 1 N–H and O–H groups in total. The quantitative estimate of drug-likeness (QED) is 0.825. The topological polar surface area (TPSA) is 69.7 Å². The molecule has 0 radical (unpaired) electrons. The number of piperidine rings is 1. The second-order valence-corrected chi connectivity index (χ2v) is 8.74. The Hall–Kier alpha value is -0.660. The van der Waals surface area contributed by atoms with Crippen LogP contribution in [0.25, 0.3) is 0 Å². The van der Waals surface area contributed by atoms with Gasteiger partial charge in [0.25, 0.3) is 10.2 Å². The molecule has 2 rings (SSSR count). The molecule has 2 heterocycles. The van der Waals surface area contributed by atoms with Gasteiger partial charge >= 0.3 is 0 Å². The van der Waals surface area contributed by atoms with Gasteiger partial charge in [-0.1, -0.05) is 19.8 Å². The first-order valence-corrected chi connectivity index (χ1v) is 10.4. The van der Waals surface area contributed by atoms with Crippen molar-refractivity contribution in [2.24, 2.45) is 5.92 Å². The zero-order chi connectivity index (χ0) is 16.9. The van der Waals surface area contributed by atoms with Gasteiger partial charge in [0.15, 0.2) is 0 Å². The average Bonchev–Trinajstić information content (AvgIpc) is 2.84. The van der Waals surface area contributed by atoms with Gasteiger partial charge in [0.2, 0.25) is 5.91 Å². The summed E-state index contributed by atoms with van der Waals surface area (Å²) in [6, 6.07) is 0.182. The smallest absolute Gasteiger partial charge is 0.281 e. The minimum absolute atomic E-state index is 0.0559. The van der Waals surface area contributed by atoms with E-state index in [2.05, 4.69) is 5.32 Å². The Morgan fingerprint density at radius 1 is 1.04 bits per heavy atom. The number of nitrogens with one attached hydrogen (secondary N) is 1. The Morgan fingerprint density at radius 2 is 1.57 bits per heavy atom. The van der Waals surface area contributed by atoms with Crippen molar-refractivity contribution < 1.29 is 13.2 Å². The van der Waals surface area contributed by atoms with E-state index in [1.807, 2.05) is 13.8 Å². The predicted molar refractivity (Wildman–Crippen MR) is 91.2 cm³/mol. The van der Waals surface area contributed by atoms with Crippen molar-refractivity contribution in [3.8, 4) is 0 Å². The molecule has 2 aliphatic rings. The van der Waals surface area contributed by atoms with Crippen LogP contribution in [0, 0.1) is 5.92 Å². The van der Waals surface area contributed by atoms with E-state index in [0.717, 1.165) is 32.1 Å². The van der Waals surface area contributed by atoms with Gasteiger partial charge < -0.3 is 5.32 Å². The van der Waals surface area contributed by atoms with Gasteiger partial charge in [-0.3, -0.25) is 4.79 Å². The van der Waals surface area contributed by atoms with Gasteiger partial charge in [-0.25, -0.2) is 0 Å². The summed E-state index contributed by atoms with van der Waals surface area (Å²) in [5, 5.41) is 3.01. The maximum atomic E-state index is 12.7. The van der Waals surface area contributed by atoms with E-state index in [-0.39, 0.29) is 17.9 Å². The number of rotatable bonds is 5. The molecular formula is C16H31N3O3S. The second-order valence-electron chi connectivity index (χ2n) is 6.81. The van der Waals surface area contributed by atoms with Crippen molar-refractivity contribution in [1.29, 1.82) is 0 Å². The van der Waals surface area contributed by atoms with Crippen LogP contribution in [-0.2, 0) is 15.0 Å². The zero-order valence-electron chi connectivity index (χ0n) is 14.5. The summed E-state index contributed by atoms with van der Waals surface area (Å²) in [6.07, 6.45) is 6.28. The standard InChI is InChI=1S/C16H31N3O3S/c1-3-14(2)17-16(20)15-8-12-19(13-9-15)23(21,22)18-10-6-4-5-7-11-18/h14-15H,3-13H2,1-2H3,(H,17,20). The fraction of sp³-hybridized carbons (Fsp3) is 0.938. The highest BCUT2D eigenvalue weighted by Crippen LogP contribution is 2.23. The Morgan fingerprint density at radius 3 is 2.09 bits per heavy atom. The summed E-state index contributed by atoms with van der Waals surface area (Å²) >= 11 is 0. The summed E-state index contributed by atoms with van der Waals surface area (Å²) in [5.41, 5.74) is 0. The van der Waals surface area contributed by atoms with Crippen LogP contribution < -0.4 is 5.32 Å². The van der Waals surface area contributed by atoms with E-state index in [4.69, 9.17) is 0 Å². The number of hydrogen-bond acceptors (Lipinski definition) is 3. The molecule has 0 aromatic heterocycles. The van der Waals surface area contributed by atoms with Crippen molar-refractivity contribution in [3.05, 3.63) is 0 Å². The molecule has 1 unspecified atom stereocenters. The molecule has 23 heavy (non-hydrogen) atoms. The maximum Gasteiger partial charge on any atom is 0.281 e. The first-order valence-electron chi connectivity index (χ1n) is 9.00. The van der Waals surface area contributed by atoms with Gasteiger partial charge in [0.1, 0.15) is 0 Å². The van der Waals surface area contributed by atoms with Crippen LogP contribution in [0.15, 0.2) is 0 Å². The van der Waals surface area contributed by atoms with Crippen molar-refractivity contribution >= 4 is 16.1 Å². The highest BCUT2D eigenvalue weighted by Gasteiger charge is 2.34. The molecule has 2 saturated heterocycles. The lowest BCUT2D eigenvalue weighted by molar-refractivity contribution is -0.126. The van der Waals surface area contributed by atoms with Crippen LogP contribution in [0.3, 0.4) is 0 Å². The van der Waals surface area contributed by atoms with E-state index in [0.29, 0.717) is 39.0 Å². The van der Waals surface area contributed by atoms with Crippen molar-refractivity contribution in [2.45, 2.75) is 64.8 Å². The van der Waals surface area contributed by atoms with E-state index >= 15 is 0 Å². The van der Waals surface area contributed by atoms with Crippen LogP contribution in [0.5, 0.6) is 0 Å². The molecule has 0 aromatic carbocycles. The minimum atomic E-state index is -3.35. The highest BCUT2D eigenvalue weighted by atomic mass is 32.2. The lowest BCUT2D eigenvalue weighted by Gasteiger charge is -2.34. The molecule has 134 valence electrons. The van der Waals surface area contributed by atoms with Crippen LogP contribution >= 0.6 is 0 Å². The molecule has 0 aliphatic carbocycles. The van der Waals surface area contributed by atoms with E-state index in [9.17, 15) is 13.2 Å². The molecule has 1 atom stereocenters. The molecule has 2 fully saturated rings. The van der Waals surface area contributed by atoms with Crippen LogP contribution in [0.1, 0.15) is 58.8 Å². The first kappa shape index (κ1) is 18.7. The molecule has 1 amide bonds. The average molecular weight is 346 g/mol. The lowest BCUT2D eigenvalue weighted by atomic mass is 9.97. The number of carbonyl (C=O) groups is 1. The highest BCUT2D eigenvalue weighted by molar-refractivity contribution is 7.86. The fourth-order valence-electron chi connectivity index (χ4n) is 3.25. The number of amides is 1.